The first-order valence-electron chi connectivity index (χ1n) is 8.72. The van der Waals surface area contributed by atoms with Crippen LogP contribution >= 0.6 is 0 Å². The minimum Gasteiger partial charge on any atom is -0.354 e. The summed E-state index contributed by atoms with van der Waals surface area (Å²) in [5, 5.41) is 0.973. The zero-order chi connectivity index (χ0) is 17.9. The molecule has 0 unspecified atom stereocenters. The summed E-state index contributed by atoms with van der Waals surface area (Å²) in [4.78, 5) is 16.2. The molecular formula is C24H19NO. The van der Waals surface area contributed by atoms with Crippen LogP contribution in [0.25, 0.3) is 33.3 Å². The summed E-state index contributed by atoms with van der Waals surface area (Å²) in [6.45, 7) is 1.86. The van der Waals surface area contributed by atoms with Gasteiger partial charge in [-0.25, -0.2) is 0 Å². The predicted octanol–water partition coefficient (Wildman–Crippen LogP) is 6.26. The van der Waals surface area contributed by atoms with Crippen LogP contribution in [0.2, 0.25) is 0 Å². The van der Waals surface area contributed by atoms with Gasteiger partial charge in [0.15, 0.2) is 5.78 Å². The van der Waals surface area contributed by atoms with Gasteiger partial charge in [-0.1, -0.05) is 78.9 Å². The van der Waals surface area contributed by atoms with Crippen molar-refractivity contribution in [2.45, 2.75) is 6.92 Å². The predicted molar refractivity (Wildman–Crippen MR) is 108 cm³/mol. The average molecular weight is 337 g/mol. The van der Waals surface area contributed by atoms with E-state index in [0.717, 1.165) is 38.9 Å². The number of H-pyrrole nitrogens is 1. The van der Waals surface area contributed by atoms with Gasteiger partial charge >= 0.3 is 0 Å². The fourth-order valence-corrected chi connectivity index (χ4v) is 3.41. The Labute approximate surface area is 152 Å². The van der Waals surface area contributed by atoms with E-state index in [4.69, 9.17) is 0 Å². The van der Waals surface area contributed by atoms with Crippen LogP contribution in [0, 0.1) is 0 Å². The van der Waals surface area contributed by atoms with Gasteiger partial charge in [0, 0.05) is 22.0 Å². The van der Waals surface area contributed by atoms with Crippen LogP contribution in [0.1, 0.15) is 17.3 Å². The van der Waals surface area contributed by atoms with Gasteiger partial charge < -0.3 is 4.98 Å². The third-order valence-corrected chi connectivity index (χ3v) is 4.53. The van der Waals surface area contributed by atoms with E-state index in [1.54, 1.807) is 12.2 Å². The minimum atomic E-state index is 0.0221. The third-order valence-electron chi connectivity index (χ3n) is 4.53. The van der Waals surface area contributed by atoms with E-state index in [1.165, 1.54) is 0 Å². The molecule has 0 fully saturated rings. The standard InChI is InChI=1S/C24H19NO/c1-2-10-21(26)19-15-9-16-20-23(19)22(17-11-5-3-6-12-17)24(25-20)18-13-7-4-8-14-18/h2-16,25H,1H3. The Kier molecular flexibility index (Phi) is 4.24. The largest absolute Gasteiger partial charge is 0.354 e. The SMILES string of the molecule is CC=CC(=O)c1cccc2[nH]c(-c3ccccc3)c(-c3ccccc3)c12. The van der Waals surface area contributed by atoms with E-state index in [2.05, 4.69) is 29.2 Å². The Morgan fingerprint density at radius 1 is 0.808 bits per heavy atom. The van der Waals surface area contributed by atoms with E-state index < -0.39 is 0 Å². The van der Waals surface area contributed by atoms with Crippen molar-refractivity contribution in [2.24, 2.45) is 0 Å². The van der Waals surface area contributed by atoms with Crippen molar-refractivity contribution in [2.75, 3.05) is 0 Å². The summed E-state index contributed by atoms with van der Waals surface area (Å²) in [5.41, 5.74) is 5.99. The molecule has 0 saturated carbocycles. The molecule has 0 atom stereocenters. The van der Waals surface area contributed by atoms with Crippen molar-refractivity contribution >= 4 is 16.7 Å². The minimum absolute atomic E-state index is 0.0221. The summed E-state index contributed by atoms with van der Waals surface area (Å²) in [7, 11) is 0. The van der Waals surface area contributed by atoms with Gasteiger partial charge in [-0.15, -0.1) is 0 Å². The number of rotatable bonds is 4. The van der Waals surface area contributed by atoms with Crippen molar-refractivity contribution < 1.29 is 4.79 Å². The molecule has 3 aromatic carbocycles. The number of hydrogen-bond donors (Lipinski definition) is 1. The first-order valence-corrected chi connectivity index (χ1v) is 8.72. The Hall–Kier alpha value is -3.39. The normalized spacial score (nSPS) is 11.3. The van der Waals surface area contributed by atoms with Crippen LogP contribution < -0.4 is 0 Å². The lowest BCUT2D eigenvalue weighted by Gasteiger charge is -2.07. The lowest BCUT2D eigenvalue weighted by atomic mass is 9.94. The van der Waals surface area contributed by atoms with E-state index in [0.29, 0.717) is 0 Å². The topological polar surface area (TPSA) is 32.9 Å². The molecule has 126 valence electrons. The second-order valence-electron chi connectivity index (χ2n) is 6.20. The highest BCUT2D eigenvalue weighted by Gasteiger charge is 2.19. The molecular weight excluding hydrogens is 318 g/mol. The Morgan fingerprint density at radius 2 is 1.46 bits per heavy atom. The maximum absolute atomic E-state index is 12.7. The molecule has 0 aliphatic carbocycles. The van der Waals surface area contributed by atoms with Gasteiger partial charge in [-0.2, -0.15) is 0 Å². The van der Waals surface area contributed by atoms with Crippen LogP contribution in [0.3, 0.4) is 0 Å². The van der Waals surface area contributed by atoms with Crippen LogP contribution in [-0.4, -0.2) is 10.8 Å². The van der Waals surface area contributed by atoms with Crippen LogP contribution in [0.15, 0.2) is 91.0 Å². The number of aromatic amines is 1. The number of allylic oxidation sites excluding steroid dienone is 2. The van der Waals surface area contributed by atoms with Crippen LogP contribution in [0.4, 0.5) is 0 Å². The zero-order valence-electron chi connectivity index (χ0n) is 14.6. The summed E-state index contributed by atoms with van der Waals surface area (Å²) in [6.07, 6.45) is 3.41. The zero-order valence-corrected chi connectivity index (χ0v) is 14.6. The molecule has 0 amide bonds. The number of hydrogen-bond acceptors (Lipinski definition) is 1. The van der Waals surface area contributed by atoms with Gasteiger partial charge in [-0.05, 0) is 30.2 Å². The number of nitrogens with one attached hydrogen (secondary N) is 1. The number of aromatic nitrogens is 1. The van der Waals surface area contributed by atoms with Crippen molar-refractivity contribution in [3.8, 4) is 22.4 Å². The quantitative estimate of drug-likeness (QED) is 0.346. The highest BCUT2D eigenvalue weighted by Crippen LogP contribution is 2.39. The summed E-state index contributed by atoms with van der Waals surface area (Å²) in [6, 6.07) is 26.3. The first-order chi connectivity index (χ1) is 12.8. The summed E-state index contributed by atoms with van der Waals surface area (Å²) < 4.78 is 0. The van der Waals surface area contributed by atoms with E-state index in [-0.39, 0.29) is 5.78 Å². The highest BCUT2D eigenvalue weighted by atomic mass is 16.1. The van der Waals surface area contributed by atoms with Crippen molar-refractivity contribution in [3.63, 3.8) is 0 Å². The van der Waals surface area contributed by atoms with Gasteiger partial charge in [0.25, 0.3) is 0 Å². The van der Waals surface area contributed by atoms with Crippen LogP contribution in [0.5, 0.6) is 0 Å². The maximum atomic E-state index is 12.7. The Balaban J connectivity index is 2.10. The van der Waals surface area contributed by atoms with E-state index >= 15 is 0 Å². The molecule has 26 heavy (non-hydrogen) atoms. The number of carbonyl (C=O) groups is 1. The monoisotopic (exact) mass is 337 g/mol. The Bertz CT molecular complexity index is 1090. The Morgan fingerprint density at radius 3 is 2.12 bits per heavy atom. The molecule has 0 radical (unpaired) electrons. The molecule has 1 aromatic heterocycles. The molecule has 1 N–H and O–H groups in total. The number of carbonyl (C=O) groups excluding carboxylic acids is 1. The lowest BCUT2D eigenvalue weighted by molar-refractivity contribution is 0.104. The van der Waals surface area contributed by atoms with Gasteiger partial charge in [-0.3, -0.25) is 4.79 Å². The van der Waals surface area contributed by atoms with Crippen molar-refractivity contribution in [3.05, 3.63) is 96.6 Å². The van der Waals surface area contributed by atoms with Crippen molar-refractivity contribution in [1.82, 2.24) is 4.98 Å². The molecule has 2 heteroatoms. The number of ketones is 1. The van der Waals surface area contributed by atoms with Gasteiger partial charge in [0.2, 0.25) is 0 Å². The number of fused-ring (bicyclic) bond motifs is 1. The van der Waals surface area contributed by atoms with Gasteiger partial charge in [0.05, 0.1) is 5.69 Å². The lowest BCUT2D eigenvalue weighted by Crippen LogP contribution is -1.95. The van der Waals surface area contributed by atoms with Crippen LogP contribution in [-0.2, 0) is 0 Å². The maximum Gasteiger partial charge on any atom is 0.186 e. The fraction of sp³-hybridized carbons (Fsp3) is 0.0417. The smallest absolute Gasteiger partial charge is 0.186 e. The van der Waals surface area contributed by atoms with E-state index in [9.17, 15) is 4.79 Å². The fourth-order valence-electron chi connectivity index (χ4n) is 3.41. The van der Waals surface area contributed by atoms with Gasteiger partial charge in [0.1, 0.15) is 0 Å². The summed E-state index contributed by atoms with van der Waals surface area (Å²) in [5.74, 6) is 0.0221. The molecule has 2 nitrogen and oxygen atoms in total. The molecule has 0 aliphatic heterocycles. The molecule has 0 spiro atoms. The van der Waals surface area contributed by atoms with E-state index in [1.807, 2.05) is 61.5 Å². The van der Waals surface area contributed by atoms with Crippen molar-refractivity contribution in [1.29, 1.82) is 0 Å². The second-order valence-corrected chi connectivity index (χ2v) is 6.20. The molecule has 1 heterocycles. The third kappa shape index (κ3) is 2.76. The highest BCUT2D eigenvalue weighted by molar-refractivity contribution is 6.18. The molecule has 4 aromatic rings. The first kappa shape index (κ1) is 16.1. The average Bonchev–Trinajstić information content (AvgIpc) is 3.09. The summed E-state index contributed by atoms with van der Waals surface area (Å²) >= 11 is 0. The molecule has 4 rings (SSSR count). The molecule has 0 bridgehead atoms. The molecule has 0 saturated heterocycles. The molecule has 0 aliphatic rings. The number of benzene rings is 3. The second kappa shape index (κ2) is 6.85.